The van der Waals surface area contributed by atoms with Gasteiger partial charge < -0.3 is 14.6 Å². The Kier molecular flexibility index (Phi) is 5.14. The first-order valence-corrected chi connectivity index (χ1v) is 8.47. The molecule has 0 fully saturated rings. The average molecular weight is 342 g/mol. The fourth-order valence-corrected chi connectivity index (χ4v) is 3.06. The van der Waals surface area contributed by atoms with Gasteiger partial charge in [0, 0.05) is 30.5 Å². The van der Waals surface area contributed by atoms with E-state index in [2.05, 4.69) is 15.5 Å². The lowest BCUT2D eigenvalue weighted by Crippen LogP contribution is -2.32. The number of carbonyl (C=O) groups is 1. The number of rotatable bonds is 7. The van der Waals surface area contributed by atoms with Crippen molar-refractivity contribution in [3.8, 4) is 0 Å². The summed E-state index contributed by atoms with van der Waals surface area (Å²) in [5.74, 6) is -0.129. The van der Waals surface area contributed by atoms with Gasteiger partial charge in [-0.25, -0.2) is 5.10 Å². The Hall–Kier alpha value is -2.67. The molecule has 2 N–H and O–H groups in total. The van der Waals surface area contributed by atoms with Gasteiger partial charge in [-0.05, 0) is 26.3 Å². The van der Waals surface area contributed by atoms with Crippen molar-refractivity contribution in [1.82, 2.24) is 20.1 Å². The van der Waals surface area contributed by atoms with E-state index in [-0.39, 0.29) is 11.5 Å². The highest BCUT2D eigenvalue weighted by molar-refractivity contribution is 6.08. The summed E-state index contributed by atoms with van der Waals surface area (Å²) in [4.78, 5) is 24.9. The van der Waals surface area contributed by atoms with E-state index < -0.39 is 6.04 Å². The summed E-state index contributed by atoms with van der Waals surface area (Å²) in [5.41, 5.74) is 1.01. The van der Waals surface area contributed by atoms with E-state index >= 15 is 0 Å². The largest absolute Gasteiger partial charge is 0.382 e. The molecule has 132 valence electrons. The second-order valence-electron chi connectivity index (χ2n) is 5.87. The first kappa shape index (κ1) is 17.2. The molecule has 0 aliphatic heterocycles. The smallest absolute Gasteiger partial charge is 0.288 e. The van der Waals surface area contributed by atoms with Crippen LogP contribution in [-0.2, 0) is 9.53 Å². The second kappa shape index (κ2) is 7.48. The van der Waals surface area contributed by atoms with Crippen LogP contribution in [0.5, 0.6) is 0 Å². The summed E-state index contributed by atoms with van der Waals surface area (Å²) < 4.78 is 7.05. The Bertz CT molecular complexity index is 944. The molecule has 0 aliphatic carbocycles. The van der Waals surface area contributed by atoms with Crippen molar-refractivity contribution in [2.24, 2.45) is 0 Å². The number of H-pyrrole nitrogens is 1. The molecule has 0 unspecified atom stereocenters. The van der Waals surface area contributed by atoms with Gasteiger partial charge in [0.25, 0.3) is 5.56 Å². The number of nitrogens with zero attached hydrogens (tertiary/aromatic N) is 2. The summed E-state index contributed by atoms with van der Waals surface area (Å²) in [7, 11) is 0. The highest BCUT2D eigenvalue weighted by Crippen LogP contribution is 2.29. The van der Waals surface area contributed by atoms with Gasteiger partial charge >= 0.3 is 0 Å². The van der Waals surface area contributed by atoms with Crippen LogP contribution in [0, 0.1) is 0 Å². The molecule has 3 aromatic rings. The SMILES string of the molecule is CCOCCCNC(=O)[C@@H](C)n1c2ccccc2c2cn[nH]c(=O)c21. The zero-order chi connectivity index (χ0) is 17.8. The first-order valence-electron chi connectivity index (χ1n) is 8.47. The number of nitrogens with one attached hydrogen (secondary N) is 2. The first-order chi connectivity index (χ1) is 12.1. The predicted molar refractivity (Wildman–Crippen MR) is 96.7 cm³/mol. The third-order valence-corrected chi connectivity index (χ3v) is 4.26. The molecular weight excluding hydrogens is 320 g/mol. The van der Waals surface area contributed by atoms with Crippen molar-refractivity contribution in [2.75, 3.05) is 19.8 Å². The molecule has 2 heterocycles. The maximum absolute atomic E-state index is 12.6. The van der Waals surface area contributed by atoms with Crippen LogP contribution in [-0.4, -0.2) is 40.4 Å². The number of amides is 1. The summed E-state index contributed by atoms with van der Waals surface area (Å²) >= 11 is 0. The van der Waals surface area contributed by atoms with Crippen LogP contribution in [0.3, 0.4) is 0 Å². The minimum atomic E-state index is -0.516. The number of benzene rings is 1. The fourth-order valence-electron chi connectivity index (χ4n) is 3.06. The third-order valence-electron chi connectivity index (χ3n) is 4.26. The molecule has 0 spiro atoms. The van der Waals surface area contributed by atoms with E-state index in [9.17, 15) is 9.59 Å². The van der Waals surface area contributed by atoms with Crippen LogP contribution in [0.2, 0.25) is 0 Å². The van der Waals surface area contributed by atoms with E-state index in [0.717, 1.165) is 22.7 Å². The zero-order valence-corrected chi connectivity index (χ0v) is 14.4. The van der Waals surface area contributed by atoms with Crippen LogP contribution in [0.1, 0.15) is 26.3 Å². The number of hydrogen-bond donors (Lipinski definition) is 2. The molecular formula is C18H22N4O3. The molecule has 0 saturated carbocycles. The van der Waals surface area contributed by atoms with E-state index in [1.165, 1.54) is 0 Å². The van der Waals surface area contributed by atoms with Crippen LogP contribution < -0.4 is 10.9 Å². The van der Waals surface area contributed by atoms with E-state index in [4.69, 9.17) is 4.74 Å². The standard InChI is InChI=1S/C18H22N4O3/c1-3-25-10-6-9-19-17(23)12(2)22-15-8-5-4-7-13(15)14-11-20-21-18(24)16(14)22/h4-5,7-8,11-12H,3,6,9-10H2,1-2H3,(H,19,23)(H,21,24)/t12-/m1/s1. The Morgan fingerprint density at radius 1 is 1.36 bits per heavy atom. The lowest BCUT2D eigenvalue weighted by atomic mass is 10.2. The fraction of sp³-hybridized carbons (Fsp3) is 0.389. The second-order valence-corrected chi connectivity index (χ2v) is 5.87. The lowest BCUT2D eigenvalue weighted by molar-refractivity contribution is -0.123. The topological polar surface area (TPSA) is 89.0 Å². The van der Waals surface area contributed by atoms with Crippen LogP contribution >= 0.6 is 0 Å². The van der Waals surface area contributed by atoms with E-state index in [0.29, 0.717) is 25.3 Å². The minimum Gasteiger partial charge on any atom is -0.382 e. The summed E-state index contributed by atoms with van der Waals surface area (Å²) in [6.07, 6.45) is 2.38. The van der Waals surface area contributed by atoms with Gasteiger partial charge in [0.15, 0.2) is 0 Å². The third kappa shape index (κ3) is 3.28. The van der Waals surface area contributed by atoms with Crippen LogP contribution in [0.25, 0.3) is 21.8 Å². The summed E-state index contributed by atoms with van der Waals surface area (Å²) in [6.45, 7) is 5.56. The Labute approximate surface area is 145 Å². The molecule has 2 aromatic heterocycles. The molecule has 7 nitrogen and oxygen atoms in total. The maximum Gasteiger partial charge on any atom is 0.288 e. The van der Waals surface area contributed by atoms with Gasteiger partial charge in [-0.15, -0.1) is 0 Å². The number of para-hydroxylation sites is 1. The molecule has 1 atom stereocenters. The Morgan fingerprint density at radius 3 is 2.96 bits per heavy atom. The van der Waals surface area contributed by atoms with Crippen molar-refractivity contribution in [3.05, 3.63) is 40.8 Å². The number of ether oxygens (including phenoxy) is 1. The molecule has 0 radical (unpaired) electrons. The molecule has 7 heteroatoms. The number of fused-ring (bicyclic) bond motifs is 3. The quantitative estimate of drug-likeness (QED) is 0.643. The van der Waals surface area contributed by atoms with Gasteiger partial charge in [-0.3, -0.25) is 9.59 Å². The van der Waals surface area contributed by atoms with Gasteiger partial charge in [0.1, 0.15) is 11.6 Å². The van der Waals surface area contributed by atoms with E-state index in [1.54, 1.807) is 17.7 Å². The highest BCUT2D eigenvalue weighted by Gasteiger charge is 2.22. The molecule has 25 heavy (non-hydrogen) atoms. The van der Waals surface area contributed by atoms with Gasteiger partial charge in [-0.1, -0.05) is 18.2 Å². The minimum absolute atomic E-state index is 0.129. The summed E-state index contributed by atoms with van der Waals surface area (Å²) in [6, 6.07) is 7.13. The van der Waals surface area contributed by atoms with Crippen molar-refractivity contribution < 1.29 is 9.53 Å². The Morgan fingerprint density at radius 2 is 2.16 bits per heavy atom. The highest BCUT2D eigenvalue weighted by atomic mass is 16.5. The molecule has 0 bridgehead atoms. The van der Waals surface area contributed by atoms with Crippen molar-refractivity contribution in [1.29, 1.82) is 0 Å². The number of carbonyl (C=O) groups excluding carboxylic acids is 1. The van der Waals surface area contributed by atoms with Crippen molar-refractivity contribution in [2.45, 2.75) is 26.3 Å². The zero-order valence-electron chi connectivity index (χ0n) is 14.4. The van der Waals surface area contributed by atoms with Gasteiger partial charge in [0.05, 0.1) is 11.7 Å². The van der Waals surface area contributed by atoms with Crippen LogP contribution in [0.15, 0.2) is 35.3 Å². The van der Waals surface area contributed by atoms with Crippen molar-refractivity contribution in [3.63, 3.8) is 0 Å². The predicted octanol–water partition coefficient (Wildman–Crippen LogP) is 1.98. The van der Waals surface area contributed by atoms with Crippen molar-refractivity contribution >= 4 is 27.7 Å². The molecule has 3 rings (SSSR count). The number of hydrogen-bond acceptors (Lipinski definition) is 4. The molecule has 0 aliphatic rings. The monoisotopic (exact) mass is 342 g/mol. The normalized spacial score (nSPS) is 12.6. The molecule has 0 saturated heterocycles. The summed E-state index contributed by atoms with van der Waals surface area (Å²) in [5, 5.41) is 10.9. The Balaban J connectivity index is 1.94. The van der Waals surface area contributed by atoms with Gasteiger partial charge in [0.2, 0.25) is 5.91 Å². The molecule has 1 amide bonds. The van der Waals surface area contributed by atoms with Gasteiger partial charge in [-0.2, -0.15) is 5.10 Å². The van der Waals surface area contributed by atoms with Crippen LogP contribution in [0.4, 0.5) is 0 Å². The number of aromatic nitrogens is 3. The van der Waals surface area contributed by atoms with E-state index in [1.807, 2.05) is 31.2 Å². The average Bonchev–Trinajstić information content (AvgIpc) is 2.97. The lowest BCUT2D eigenvalue weighted by Gasteiger charge is -2.16. The number of aromatic amines is 1. The molecule has 1 aromatic carbocycles. The maximum atomic E-state index is 12.6.